The van der Waals surface area contributed by atoms with E-state index in [1.165, 1.54) is 51.4 Å². The Morgan fingerprint density at radius 2 is 1.23 bits per heavy atom. The molecular weight excluding hydrogens is 828 g/mol. The van der Waals surface area contributed by atoms with Gasteiger partial charge < -0.3 is 49.7 Å². The summed E-state index contributed by atoms with van der Waals surface area (Å²) >= 11 is 0. The molecule has 0 heterocycles. The highest BCUT2D eigenvalue weighted by molar-refractivity contribution is 7.47. The molecule has 0 aliphatic heterocycles. The molecule has 0 bridgehead atoms. The van der Waals surface area contributed by atoms with Gasteiger partial charge in [0.25, 0.3) is 0 Å². The smallest absolute Gasteiger partial charge is 0.460 e. The zero-order valence-corrected chi connectivity index (χ0v) is 36.4. The molecule has 1 aliphatic carbocycles. The molecular formula is C40H79NO17P2. The Kier molecular flexibility index (Phi) is 33.1. The number of phosphoric ester groups is 2. The van der Waals surface area contributed by atoms with Crippen molar-refractivity contribution in [3.8, 4) is 48.0 Å². The number of unbranched alkanes of at least 4 members (excludes halogenated alkanes) is 12. The number of hydrogen-bond acceptors (Lipinski definition) is 14. The first-order chi connectivity index (χ1) is 28.5. The summed E-state index contributed by atoms with van der Waals surface area (Å²) in [7, 11) is -10.5. The predicted octanol–water partition coefficient (Wildman–Crippen LogP) is 4.79. The lowest BCUT2D eigenvalue weighted by Gasteiger charge is -2.43. The molecule has 9 N–H and O–H groups in total. The maximum absolute atomic E-state index is 12.7. The number of phosphoric acid groups is 2. The van der Waals surface area contributed by atoms with E-state index in [4.69, 9.17) is 39.8 Å². The second kappa shape index (κ2) is 34.7. The Bertz CT molecular complexity index is 1570. The highest BCUT2D eigenvalue weighted by atomic mass is 31.2. The number of ether oxygens (including phenoxy) is 2. The fraction of sp³-hybridized carbons (Fsp3) is 0.750. The molecule has 4 unspecified atom stereocenters. The lowest BCUT2D eigenvalue weighted by Crippen LogP contribution is -2.64. The number of hydrogen-bond donors (Lipinski definition) is 9. The Labute approximate surface area is 364 Å². The second-order valence-electron chi connectivity index (χ2n) is 13.8. The van der Waals surface area contributed by atoms with E-state index in [1.54, 1.807) is 0 Å². The Morgan fingerprint density at radius 3 is 1.77 bits per heavy atom. The maximum atomic E-state index is 12.7. The van der Waals surface area contributed by atoms with Gasteiger partial charge in [-0.25, -0.2) is 9.13 Å². The van der Waals surface area contributed by atoms with Gasteiger partial charge in [-0.3, -0.25) is 28.5 Å². The van der Waals surface area contributed by atoms with Crippen molar-refractivity contribution in [1.82, 2.24) is 5.32 Å². The summed E-state index contributed by atoms with van der Waals surface area (Å²) in [5, 5.41) is 51.8. The first-order valence-corrected chi connectivity index (χ1v) is 23.3. The molecule has 0 aromatic carbocycles. The topological polar surface area (TPSA) is 288 Å². The first-order valence-electron chi connectivity index (χ1n) is 20.3. The summed E-state index contributed by atoms with van der Waals surface area (Å²) in [6.45, 7) is 3.03. The molecule has 1 aliphatic rings. The van der Waals surface area contributed by atoms with Gasteiger partial charge in [-0.05, 0) is 43.4 Å². The number of aliphatic hydroxyl groups excluding tert-OH is 5. The van der Waals surface area contributed by atoms with Crippen LogP contribution in [-0.2, 0) is 41.8 Å². The summed E-state index contributed by atoms with van der Waals surface area (Å²) in [5.74, 6) is 13.4. The van der Waals surface area contributed by atoms with Gasteiger partial charge in [-0.1, -0.05) is 90.9 Å². The van der Waals surface area contributed by atoms with Crippen molar-refractivity contribution < 1.29 is 92.0 Å². The van der Waals surface area contributed by atoms with Crippen LogP contribution in [0.2, 0.25) is 0 Å². The van der Waals surface area contributed by atoms with Crippen molar-refractivity contribution in [2.24, 2.45) is 0 Å². The quantitative estimate of drug-likeness (QED) is 0.0122. The van der Waals surface area contributed by atoms with Crippen molar-refractivity contribution in [1.29, 1.82) is 0 Å². The van der Waals surface area contributed by atoms with Crippen molar-refractivity contribution in [2.45, 2.75) is 172 Å². The molecule has 0 radical (unpaired) electrons. The molecule has 1 fully saturated rings. The standard InChI is InChI=1S/C28H56O16P2.C12H9NO.7H2/c1-2-3-4-5-6-7-8-9-10-11-12-13-14-17-22(30)42-21(16-15-18-40-20-29)19-41-46(38,39)44-28-25(33)23(31)24(32)27(26(28)34)43-45(35,36)37;1-3-5-6-7-8-9-11-13-12(14)10-4-2;;;;;;;/h21,23-29,31-34H,2-20H2,1H3,(H,38,39)(H2,35,36,37);1H,4,10H2,2H3,(H,13,14);7*1H/t21-,23?,24-,25+,26?,27-,28?;;;;;;;;/m1......../s1. The van der Waals surface area contributed by atoms with E-state index in [1.807, 2.05) is 6.92 Å². The lowest BCUT2D eigenvalue weighted by molar-refractivity contribution is -0.216. The molecule has 20 heteroatoms. The number of aliphatic hydroxyl groups is 5. The van der Waals surface area contributed by atoms with Crippen LogP contribution in [0.25, 0.3) is 0 Å². The molecule has 0 saturated heterocycles. The number of carbonyl (C=O) groups excluding carboxylic acids is 2. The Morgan fingerprint density at radius 1 is 0.700 bits per heavy atom. The third-order valence-corrected chi connectivity index (χ3v) is 10.2. The van der Waals surface area contributed by atoms with Crippen LogP contribution in [0, 0.1) is 48.0 Å². The summed E-state index contributed by atoms with van der Waals surface area (Å²) in [4.78, 5) is 51.7. The normalized spacial score (nSPS) is 21.1. The van der Waals surface area contributed by atoms with Crippen LogP contribution in [0.15, 0.2) is 0 Å². The van der Waals surface area contributed by atoms with E-state index in [0.29, 0.717) is 12.8 Å². The minimum absolute atomic E-state index is 0. The van der Waals surface area contributed by atoms with Gasteiger partial charge in [-0.2, -0.15) is 0 Å². The van der Waals surface area contributed by atoms with E-state index in [-0.39, 0.29) is 41.8 Å². The van der Waals surface area contributed by atoms with Gasteiger partial charge in [0.2, 0.25) is 5.91 Å². The van der Waals surface area contributed by atoms with Gasteiger partial charge in [0.05, 0.1) is 6.61 Å². The third kappa shape index (κ3) is 29.4. The van der Waals surface area contributed by atoms with Gasteiger partial charge in [0, 0.05) is 53.2 Å². The van der Waals surface area contributed by atoms with Crippen molar-refractivity contribution in [3.05, 3.63) is 0 Å². The minimum Gasteiger partial charge on any atom is -0.460 e. The van der Waals surface area contributed by atoms with Gasteiger partial charge >= 0.3 is 21.6 Å². The number of nitrogens with one attached hydrogen (secondary N) is 1. The van der Waals surface area contributed by atoms with Crippen LogP contribution in [0.1, 0.15) is 139 Å². The zero-order valence-electron chi connectivity index (χ0n) is 34.6. The summed E-state index contributed by atoms with van der Waals surface area (Å²) in [5.41, 5.74) is 0. The van der Waals surface area contributed by atoms with E-state index in [0.717, 1.165) is 32.1 Å². The van der Waals surface area contributed by atoms with Crippen molar-refractivity contribution in [2.75, 3.05) is 20.0 Å². The molecule has 60 heavy (non-hydrogen) atoms. The SMILES string of the molecule is C#CC#CC#CC#CNC(=O)CCC.CCCCCCCCCCCCCCCC(=O)O[C@H](CCCOCO)COP(=O)(O)OC1C(O)[C@H](OP(=O)(O)O)[C@H](O)C(O)[C@@H]1O.[HH].[HH].[HH].[HH].[HH].[HH].[HH]. The highest BCUT2D eigenvalue weighted by Gasteiger charge is 2.54. The predicted molar refractivity (Wildman–Crippen MR) is 234 cm³/mol. The molecule has 1 rings (SSSR count). The molecule has 18 nitrogen and oxygen atoms in total. The van der Waals surface area contributed by atoms with Gasteiger partial charge in [-0.15, -0.1) is 6.42 Å². The van der Waals surface area contributed by atoms with E-state index in [9.17, 15) is 44.0 Å². The monoisotopic (exact) mass is 907 g/mol. The molecule has 1 saturated carbocycles. The molecule has 1 amide bonds. The average Bonchev–Trinajstić information content (AvgIpc) is 3.19. The van der Waals surface area contributed by atoms with Crippen molar-refractivity contribution in [3.63, 3.8) is 0 Å². The third-order valence-electron chi connectivity index (χ3n) is 8.74. The van der Waals surface area contributed by atoms with Crippen LogP contribution in [0.4, 0.5) is 0 Å². The van der Waals surface area contributed by atoms with E-state index >= 15 is 0 Å². The zero-order chi connectivity index (χ0) is 45.2. The minimum atomic E-state index is -5.32. The van der Waals surface area contributed by atoms with Crippen LogP contribution in [0.5, 0.6) is 0 Å². The Hall–Kier alpha value is -2.84. The number of carbonyl (C=O) groups is 2. The number of rotatable bonds is 29. The fourth-order valence-electron chi connectivity index (χ4n) is 5.69. The van der Waals surface area contributed by atoms with E-state index < -0.39 is 77.7 Å². The fourth-order valence-corrected chi connectivity index (χ4v) is 7.23. The summed E-state index contributed by atoms with van der Waals surface area (Å²) < 4.78 is 48.2. The van der Waals surface area contributed by atoms with Crippen LogP contribution < -0.4 is 5.32 Å². The lowest BCUT2D eigenvalue weighted by atomic mass is 9.85. The van der Waals surface area contributed by atoms with Gasteiger partial charge in [0.1, 0.15) is 49.5 Å². The molecule has 0 aromatic rings. The van der Waals surface area contributed by atoms with Crippen LogP contribution in [0.3, 0.4) is 0 Å². The highest BCUT2D eigenvalue weighted by Crippen LogP contribution is 2.49. The molecule has 8 atom stereocenters. The first kappa shape index (κ1) is 57.2. The molecule has 0 aromatic heterocycles. The molecule has 356 valence electrons. The van der Waals surface area contributed by atoms with Crippen LogP contribution >= 0.6 is 15.6 Å². The van der Waals surface area contributed by atoms with E-state index in [2.05, 4.69) is 58.3 Å². The number of esters is 1. The second-order valence-corrected chi connectivity index (χ2v) is 16.4. The Balaban J connectivity index is -0.000000240. The largest absolute Gasteiger partial charge is 0.472 e. The van der Waals surface area contributed by atoms with Crippen LogP contribution in [-0.4, -0.2) is 115 Å². The summed E-state index contributed by atoms with van der Waals surface area (Å²) in [6.07, 6.45) is 7.28. The summed E-state index contributed by atoms with van der Waals surface area (Å²) in [6, 6.07) is 2.40. The average molecular weight is 908 g/mol. The molecule has 0 spiro atoms. The van der Waals surface area contributed by atoms with Gasteiger partial charge in [0.15, 0.2) is 0 Å². The van der Waals surface area contributed by atoms with Crippen molar-refractivity contribution >= 4 is 27.5 Å². The maximum Gasteiger partial charge on any atom is 0.472 e. The number of terminal acetylenes is 1. The number of amides is 1.